The number of benzene rings is 1. The molecule has 0 radical (unpaired) electrons. The van der Waals surface area contributed by atoms with Gasteiger partial charge in [0.05, 0.1) is 26.9 Å². The van der Waals surface area contributed by atoms with E-state index in [0.717, 1.165) is 50.9 Å². The Bertz CT molecular complexity index is 930. The van der Waals surface area contributed by atoms with Crippen molar-refractivity contribution in [3.8, 4) is 17.4 Å². The first kappa shape index (κ1) is 25.2. The lowest BCUT2D eigenvalue weighted by atomic mass is 9.98. The van der Waals surface area contributed by atoms with Crippen LogP contribution < -0.4 is 19.5 Å². The molecular formula is C26H37N5O4. The van der Waals surface area contributed by atoms with E-state index in [9.17, 15) is 4.79 Å². The van der Waals surface area contributed by atoms with Crippen LogP contribution in [-0.2, 0) is 4.79 Å². The summed E-state index contributed by atoms with van der Waals surface area (Å²) in [7, 11) is 1.65. The molecule has 2 saturated heterocycles. The number of anilines is 2. The van der Waals surface area contributed by atoms with Crippen molar-refractivity contribution >= 4 is 17.9 Å². The summed E-state index contributed by atoms with van der Waals surface area (Å²) < 4.78 is 17.5. The predicted octanol–water partition coefficient (Wildman–Crippen LogP) is 3.38. The second kappa shape index (κ2) is 13.3. The van der Waals surface area contributed by atoms with E-state index in [1.807, 2.05) is 18.2 Å². The van der Waals surface area contributed by atoms with Gasteiger partial charge in [0.15, 0.2) is 11.5 Å². The first-order valence-electron chi connectivity index (χ1n) is 12.7. The van der Waals surface area contributed by atoms with Gasteiger partial charge < -0.3 is 29.2 Å². The molecule has 0 atom stereocenters. The molecule has 2 aromatic rings. The maximum Gasteiger partial charge on any atom is 0.230 e. The SMILES string of the molecule is COc1ccc(Nc2nccc(OCC3CCN(CC=O)CC3)n2)cc1OCCCN1CCCC1. The number of aldehydes is 1. The van der Waals surface area contributed by atoms with Crippen LogP contribution in [0.1, 0.15) is 32.1 Å². The van der Waals surface area contributed by atoms with Crippen LogP contribution in [0, 0.1) is 5.92 Å². The number of carbonyl (C=O) groups is 1. The summed E-state index contributed by atoms with van der Waals surface area (Å²) in [6.45, 7) is 7.11. The fourth-order valence-corrected chi connectivity index (χ4v) is 4.60. The lowest BCUT2D eigenvalue weighted by molar-refractivity contribution is -0.109. The van der Waals surface area contributed by atoms with Gasteiger partial charge >= 0.3 is 0 Å². The molecule has 35 heavy (non-hydrogen) atoms. The summed E-state index contributed by atoms with van der Waals surface area (Å²) in [6, 6.07) is 7.49. The number of rotatable bonds is 13. The van der Waals surface area contributed by atoms with Gasteiger partial charge in [-0.1, -0.05) is 0 Å². The molecule has 0 unspecified atom stereocenters. The quantitative estimate of drug-likeness (QED) is 0.340. The Hall–Kier alpha value is -2.91. The number of hydrogen-bond acceptors (Lipinski definition) is 9. The molecule has 0 aliphatic carbocycles. The largest absolute Gasteiger partial charge is 0.493 e. The van der Waals surface area contributed by atoms with Crippen molar-refractivity contribution in [2.24, 2.45) is 5.92 Å². The predicted molar refractivity (Wildman–Crippen MR) is 135 cm³/mol. The van der Waals surface area contributed by atoms with E-state index >= 15 is 0 Å². The average molecular weight is 484 g/mol. The van der Waals surface area contributed by atoms with Gasteiger partial charge in [0.1, 0.15) is 6.29 Å². The number of carbonyl (C=O) groups excluding carboxylic acids is 1. The van der Waals surface area contributed by atoms with Crippen molar-refractivity contribution in [1.82, 2.24) is 19.8 Å². The molecule has 1 aromatic carbocycles. The van der Waals surface area contributed by atoms with Crippen molar-refractivity contribution in [3.05, 3.63) is 30.5 Å². The number of aromatic nitrogens is 2. The minimum atomic E-state index is 0.466. The Labute approximate surface area is 207 Å². The summed E-state index contributed by atoms with van der Waals surface area (Å²) in [5.41, 5.74) is 0.819. The first-order valence-corrected chi connectivity index (χ1v) is 12.7. The fourth-order valence-electron chi connectivity index (χ4n) is 4.60. The average Bonchev–Trinajstić information content (AvgIpc) is 3.41. The standard InChI is InChI=1S/C26H37N5O4/c1-33-23-6-5-22(19-24(23)34-18-4-13-30-11-2-3-12-30)28-26-27-10-7-25(29-26)35-20-21-8-14-31(15-9-21)16-17-32/h5-7,10,17,19,21H,2-4,8-9,11-16,18,20H2,1H3,(H,27,28,29). The van der Waals surface area contributed by atoms with E-state index in [-0.39, 0.29) is 0 Å². The molecule has 2 fully saturated rings. The normalized spacial score (nSPS) is 17.3. The molecule has 9 nitrogen and oxygen atoms in total. The minimum absolute atomic E-state index is 0.466. The minimum Gasteiger partial charge on any atom is -0.493 e. The number of nitrogens with one attached hydrogen (secondary N) is 1. The Morgan fingerprint density at radius 2 is 1.89 bits per heavy atom. The first-order chi connectivity index (χ1) is 17.2. The second-order valence-electron chi connectivity index (χ2n) is 9.18. The highest BCUT2D eigenvalue weighted by Crippen LogP contribution is 2.31. The Kier molecular flexibility index (Phi) is 9.54. The highest BCUT2D eigenvalue weighted by atomic mass is 16.5. The van der Waals surface area contributed by atoms with Crippen LogP contribution in [0.5, 0.6) is 17.4 Å². The highest BCUT2D eigenvalue weighted by Gasteiger charge is 2.19. The molecule has 0 amide bonds. The lowest BCUT2D eigenvalue weighted by Gasteiger charge is -2.30. The monoisotopic (exact) mass is 483 g/mol. The van der Waals surface area contributed by atoms with Crippen LogP contribution in [0.3, 0.4) is 0 Å². The Morgan fingerprint density at radius 1 is 1.06 bits per heavy atom. The second-order valence-corrected chi connectivity index (χ2v) is 9.18. The Morgan fingerprint density at radius 3 is 2.66 bits per heavy atom. The van der Waals surface area contributed by atoms with E-state index in [0.29, 0.717) is 49.0 Å². The fraction of sp³-hybridized carbons (Fsp3) is 0.577. The molecule has 9 heteroatoms. The number of hydrogen-bond donors (Lipinski definition) is 1. The van der Waals surface area contributed by atoms with Gasteiger partial charge in [-0.2, -0.15) is 4.98 Å². The van der Waals surface area contributed by atoms with Crippen LogP contribution in [0.2, 0.25) is 0 Å². The van der Waals surface area contributed by atoms with Gasteiger partial charge in [0.25, 0.3) is 0 Å². The van der Waals surface area contributed by atoms with Crippen LogP contribution in [-0.4, -0.2) is 85.6 Å². The van der Waals surface area contributed by atoms with Gasteiger partial charge in [-0.05, 0) is 76.3 Å². The third-order valence-electron chi connectivity index (χ3n) is 6.63. The third-order valence-corrected chi connectivity index (χ3v) is 6.63. The molecule has 0 bridgehead atoms. The summed E-state index contributed by atoms with van der Waals surface area (Å²) in [6.07, 6.45) is 8.31. The summed E-state index contributed by atoms with van der Waals surface area (Å²) in [5.74, 6) is 2.88. The molecule has 0 spiro atoms. The Balaban J connectivity index is 1.27. The van der Waals surface area contributed by atoms with Gasteiger partial charge in [-0.15, -0.1) is 0 Å². The number of nitrogens with zero attached hydrogens (tertiary/aromatic N) is 4. The van der Waals surface area contributed by atoms with E-state index in [1.54, 1.807) is 19.4 Å². The van der Waals surface area contributed by atoms with Gasteiger partial charge in [-0.25, -0.2) is 4.98 Å². The van der Waals surface area contributed by atoms with Crippen molar-refractivity contribution in [2.75, 3.05) is 64.9 Å². The lowest BCUT2D eigenvalue weighted by Crippen LogP contribution is -2.36. The number of methoxy groups -OCH3 is 1. The van der Waals surface area contributed by atoms with Gasteiger partial charge in [-0.3, -0.25) is 4.90 Å². The zero-order valence-electron chi connectivity index (χ0n) is 20.7. The molecule has 2 aliphatic heterocycles. The zero-order chi connectivity index (χ0) is 24.3. The smallest absolute Gasteiger partial charge is 0.230 e. The summed E-state index contributed by atoms with van der Waals surface area (Å²) in [5, 5.41) is 3.24. The molecule has 0 saturated carbocycles. The number of ether oxygens (including phenoxy) is 3. The molecule has 4 rings (SSSR count). The van der Waals surface area contributed by atoms with Crippen LogP contribution in [0.25, 0.3) is 0 Å². The molecule has 2 aliphatic rings. The van der Waals surface area contributed by atoms with Crippen molar-refractivity contribution < 1.29 is 19.0 Å². The number of likely N-dealkylation sites (tertiary alicyclic amines) is 2. The van der Waals surface area contributed by atoms with Gasteiger partial charge in [0.2, 0.25) is 11.8 Å². The van der Waals surface area contributed by atoms with Gasteiger partial charge in [0, 0.05) is 30.6 Å². The zero-order valence-corrected chi connectivity index (χ0v) is 20.7. The topological polar surface area (TPSA) is 89.0 Å². The van der Waals surface area contributed by atoms with Crippen LogP contribution >= 0.6 is 0 Å². The van der Waals surface area contributed by atoms with Crippen LogP contribution in [0.15, 0.2) is 30.5 Å². The third kappa shape index (κ3) is 7.80. The molecule has 1 N–H and O–H groups in total. The summed E-state index contributed by atoms with van der Waals surface area (Å²) >= 11 is 0. The van der Waals surface area contributed by atoms with Crippen molar-refractivity contribution in [2.45, 2.75) is 32.1 Å². The molecular weight excluding hydrogens is 446 g/mol. The molecule has 1 aromatic heterocycles. The van der Waals surface area contributed by atoms with Crippen LogP contribution in [0.4, 0.5) is 11.6 Å². The molecule has 3 heterocycles. The van der Waals surface area contributed by atoms with E-state index in [1.165, 1.54) is 25.9 Å². The molecule has 190 valence electrons. The van der Waals surface area contributed by atoms with E-state index in [2.05, 4.69) is 25.1 Å². The number of piperidine rings is 1. The van der Waals surface area contributed by atoms with Crippen molar-refractivity contribution in [3.63, 3.8) is 0 Å². The van der Waals surface area contributed by atoms with Crippen molar-refractivity contribution in [1.29, 1.82) is 0 Å². The van der Waals surface area contributed by atoms with E-state index < -0.39 is 0 Å². The summed E-state index contributed by atoms with van der Waals surface area (Å²) in [4.78, 5) is 24.2. The highest BCUT2D eigenvalue weighted by molar-refractivity contribution is 5.59. The van der Waals surface area contributed by atoms with E-state index in [4.69, 9.17) is 14.2 Å². The maximum atomic E-state index is 10.7. The maximum absolute atomic E-state index is 10.7.